The normalized spacial score (nSPS) is 23.8. The quantitative estimate of drug-likeness (QED) is 0.602. The Labute approximate surface area is 87.4 Å². The zero-order chi connectivity index (χ0) is 9.86. The van der Waals surface area contributed by atoms with Crippen LogP contribution in [0.2, 0.25) is 0 Å². The molecule has 2 aliphatic carbocycles. The van der Waals surface area contributed by atoms with Crippen molar-refractivity contribution in [1.82, 2.24) is 5.32 Å². The number of hydrogen-bond donors (Lipinski definition) is 1. The van der Waals surface area contributed by atoms with E-state index in [2.05, 4.69) is 5.32 Å². The fourth-order valence-corrected chi connectivity index (χ4v) is 2.08. The van der Waals surface area contributed by atoms with E-state index in [0.717, 1.165) is 12.5 Å². The molecule has 2 nitrogen and oxygen atoms in total. The summed E-state index contributed by atoms with van der Waals surface area (Å²) >= 11 is 0. The highest BCUT2D eigenvalue weighted by atomic mass is 16.5. The molecule has 0 aliphatic heterocycles. The van der Waals surface area contributed by atoms with Crippen LogP contribution in [0, 0.1) is 11.3 Å². The minimum Gasteiger partial charge on any atom is -0.385 e. The molecule has 2 fully saturated rings. The SMILES string of the molecule is COCCC1(CNCCC2CC2)CC1. The topological polar surface area (TPSA) is 21.3 Å². The summed E-state index contributed by atoms with van der Waals surface area (Å²) in [6.45, 7) is 3.40. The second-order valence-corrected chi connectivity index (χ2v) is 5.15. The molecule has 82 valence electrons. The van der Waals surface area contributed by atoms with Crippen molar-refractivity contribution in [1.29, 1.82) is 0 Å². The molecular weight excluding hydrogens is 174 g/mol. The lowest BCUT2D eigenvalue weighted by Crippen LogP contribution is -2.26. The van der Waals surface area contributed by atoms with Gasteiger partial charge in [0.2, 0.25) is 0 Å². The summed E-state index contributed by atoms with van der Waals surface area (Å²) in [5, 5.41) is 3.61. The molecule has 1 N–H and O–H groups in total. The van der Waals surface area contributed by atoms with Gasteiger partial charge in [0, 0.05) is 20.3 Å². The molecule has 2 aliphatic rings. The van der Waals surface area contributed by atoms with Crippen molar-refractivity contribution < 1.29 is 4.74 Å². The fraction of sp³-hybridized carbons (Fsp3) is 1.00. The van der Waals surface area contributed by atoms with Gasteiger partial charge in [0.1, 0.15) is 0 Å². The monoisotopic (exact) mass is 197 g/mol. The van der Waals surface area contributed by atoms with Crippen LogP contribution in [0.1, 0.15) is 38.5 Å². The van der Waals surface area contributed by atoms with Gasteiger partial charge in [-0.15, -0.1) is 0 Å². The molecule has 0 unspecified atom stereocenters. The lowest BCUT2D eigenvalue weighted by molar-refractivity contribution is 0.171. The minimum atomic E-state index is 0.625. The molecule has 2 heteroatoms. The molecule has 0 aromatic rings. The van der Waals surface area contributed by atoms with E-state index in [-0.39, 0.29) is 0 Å². The molecular formula is C12H23NO. The van der Waals surface area contributed by atoms with Gasteiger partial charge in [-0.1, -0.05) is 12.8 Å². The van der Waals surface area contributed by atoms with Crippen LogP contribution in [0.3, 0.4) is 0 Å². The molecule has 0 aromatic carbocycles. The first-order valence-electron chi connectivity index (χ1n) is 6.04. The van der Waals surface area contributed by atoms with Gasteiger partial charge in [0.05, 0.1) is 0 Å². The average Bonchev–Trinajstić information content (AvgIpc) is 3.06. The first kappa shape index (κ1) is 10.4. The van der Waals surface area contributed by atoms with Gasteiger partial charge in [0.25, 0.3) is 0 Å². The summed E-state index contributed by atoms with van der Waals surface area (Å²) in [5.74, 6) is 1.07. The molecule has 0 radical (unpaired) electrons. The van der Waals surface area contributed by atoms with Gasteiger partial charge in [-0.2, -0.15) is 0 Å². The van der Waals surface area contributed by atoms with Gasteiger partial charge in [-0.3, -0.25) is 0 Å². The van der Waals surface area contributed by atoms with Gasteiger partial charge in [-0.05, 0) is 43.6 Å². The molecule has 0 saturated heterocycles. The Morgan fingerprint density at radius 3 is 2.71 bits per heavy atom. The van der Waals surface area contributed by atoms with Crippen LogP contribution in [-0.2, 0) is 4.74 Å². The molecule has 14 heavy (non-hydrogen) atoms. The number of hydrogen-bond acceptors (Lipinski definition) is 2. The van der Waals surface area contributed by atoms with E-state index < -0.39 is 0 Å². The van der Waals surface area contributed by atoms with Crippen molar-refractivity contribution in [2.24, 2.45) is 11.3 Å². The van der Waals surface area contributed by atoms with Crippen molar-refractivity contribution in [3.63, 3.8) is 0 Å². The molecule has 0 amide bonds. The fourth-order valence-electron chi connectivity index (χ4n) is 2.08. The number of ether oxygens (including phenoxy) is 1. The second kappa shape index (κ2) is 4.63. The first-order chi connectivity index (χ1) is 6.85. The summed E-state index contributed by atoms with van der Waals surface area (Å²) in [5.41, 5.74) is 0.625. The molecule has 2 rings (SSSR count). The lowest BCUT2D eigenvalue weighted by Gasteiger charge is -2.15. The van der Waals surface area contributed by atoms with Crippen LogP contribution in [0.25, 0.3) is 0 Å². The maximum atomic E-state index is 5.14. The third kappa shape index (κ3) is 3.25. The number of methoxy groups -OCH3 is 1. The first-order valence-corrected chi connectivity index (χ1v) is 6.04. The van der Waals surface area contributed by atoms with Gasteiger partial charge < -0.3 is 10.1 Å². The van der Waals surface area contributed by atoms with E-state index in [1.165, 1.54) is 51.6 Å². The summed E-state index contributed by atoms with van der Waals surface area (Å²) in [6, 6.07) is 0. The molecule has 0 heterocycles. The van der Waals surface area contributed by atoms with E-state index in [4.69, 9.17) is 4.74 Å². The molecule has 2 saturated carbocycles. The van der Waals surface area contributed by atoms with Crippen LogP contribution in [0.5, 0.6) is 0 Å². The maximum Gasteiger partial charge on any atom is 0.0468 e. The van der Waals surface area contributed by atoms with Crippen molar-refractivity contribution in [2.45, 2.75) is 38.5 Å². The predicted octanol–water partition coefficient (Wildman–Crippen LogP) is 2.19. The summed E-state index contributed by atoms with van der Waals surface area (Å²) in [6.07, 6.45) is 8.44. The zero-order valence-electron chi connectivity index (χ0n) is 9.35. The summed E-state index contributed by atoms with van der Waals surface area (Å²) < 4.78 is 5.14. The van der Waals surface area contributed by atoms with Crippen LogP contribution in [0.15, 0.2) is 0 Å². The number of rotatable bonds is 8. The second-order valence-electron chi connectivity index (χ2n) is 5.15. The van der Waals surface area contributed by atoms with E-state index in [0.29, 0.717) is 5.41 Å². The Bertz CT molecular complexity index is 173. The van der Waals surface area contributed by atoms with Crippen molar-refractivity contribution in [3.05, 3.63) is 0 Å². The zero-order valence-corrected chi connectivity index (χ0v) is 9.35. The molecule has 0 aromatic heterocycles. The highest BCUT2D eigenvalue weighted by molar-refractivity contribution is 4.94. The number of nitrogens with one attached hydrogen (secondary N) is 1. The highest BCUT2D eigenvalue weighted by Crippen LogP contribution is 2.48. The summed E-state index contributed by atoms with van der Waals surface area (Å²) in [4.78, 5) is 0. The van der Waals surface area contributed by atoms with Crippen LogP contribution >= 0.6 is 0 Å². The van der Waals surface area contributed by atoms with Crippen LogP contribution in [-0.4, -0.2) is 26.8 Å². The van der Waals surface area contributed by atoms with Crippen molar-refractivity contribution >= 4 is 0 Å². The van der Waals surface area contributed by atoms with E-state index in [1.54, 1.807) is 7.11 Å². The van der Waals surface area contributed by atoms with Crippen LogP contribution < -0.4 is 5.32 Å². The highest BCUT2D eigenvalue weighted by Gasteiger charge is 2.41. The predicted molar refractivity (Wildman–Crippen MR) is 58.4 cm³/mol. The smallest absolute Gasteiger partial charge is 0.0468 e. The molecule has 0 bridgehead atoms. The third-order valence-electron chi connectivity index (χ3n) is 3.72. The van der Waals surface area contributed by atoms with E-state index in [1.807, 2.05) is 0 Å². The third-order valence-corrected chi connectivity index (χ3v) is 3.72. The Hall–Kier alpha value is -0.0800. The molecule has 0 atom stereocenters. The largest absolute Gasteiger partial charge is 0.385 e. The van der Waals surface area contributed by atoms with Gasteiger partial charge >= 0.3 is 0 Å². The lowest BCUT2D eigenvalue weighted by atomic mass is 10.0. The Kier molecular flexibility index (Phi) is 3.45. The maximum absolute atomic E-state index is 5.14. The Morgan fingerprint density at radius 2 is 2.14 bits per heavy atom. The van der Waals surface area contributed by atoms with Crippen molar-refractivity contribution in [2.75, 3.05) is 26.8 Å². The summed E-state index contributed by atoms with van der Waals surface area (Å²) in [7, 11) is 1.80. The average molecular weight is 197 g/mol. The minimum absolute atomic E-state index is 0.625. The van der Waals surface area contributed by atoms with Gasteiger partial charge in [0.15, 0.2) is 0 Å². The van der Waals surface area contributed by atoms with Gasteiger partial charge in [-0.25, -0.2) is 0 Å². The van der Waals surface area contributed by atoms with E-state index >= 15 is 0 Å². The van der Waals surface area contributed by atoms with Crippen molar-refractivity contribution in [3.8, 4) is 0 Å². The van der Waals surface area contributed by atoms with Crippen LogP contribution in [0.4, 0.5) is 0 Å². The Balaban J connectivity index is 1.50. The Morgan fingerprint density at radius 1 is 1.36 bits per heavy atom. The standard InChI is InChI=1S/C12H23NO/c1-14-9-7-12(5-6-12)10-13-8-4-11-2-3-11/h11,13H,2-10H2,1H3. The van der Waals surface area contributed by atoms with E-state index in [9.17, 15) is 0 Å². The molecule has 0 spiro atoms.